The molecule has 2 aromatic carbocycles. The van der Waals surface area contributed by atoms with Crippen LogP contribution in [0.15, 0.2) is 46.5 Å². The average molecular weight is 435 g/mol. The van der Waals surface area contributed by atoms with Crippen LogP contribution >= 0.6 is 11.8 Å². The molecule has 0 saturated carbocycles. The summed E-state index contributed by atoms with van der Waals surface area (Å²) in [5, 5.41) is 3.35. The Hall–Kier alpha value is -2.56. The van der Waals surface area contributed by atoms with Gasteiger partial charge in [0.05, 0.1) is 34.5 Å². The SMILES string of the molecule is COc1ccc(S(=O)(=O)N(C)C)cc1NC(=O)CSc1nc2ccc(C)cc2[nH]1. The van der Waals surface area contributed by atoms with Gasteiger partial charge in [-0.25, -0.2) is 17.7 Å². The number of imidazole rings is 1. The van der Waals surface area contributed by atoms with Gasteiger partial charge in [-0.3, -0.25) is 4.79 Å². The second-order valence-electron chi connectivity index (χ2n) is 6.55. The maximum absolute atomic E-state index is 12.4. The van der Waals surface area contributed by atoms with E-state index in [0.717, 1.165) is 20.9 Å². The summed E-state index contributed by atoms with van der Waals surface area (Å²) in [6.45, 7) is 2.00. The molecule has 0 atom stereocenters. The lowest BCUT2D eigenvalue weighted by Crippen LogP contribution is -2.22. The van der Waals surface area contributed by atoms with Crippen molar-refractivity contribution in [2.45, 2.75) is 17.0 Å². The lowest BCUT2D eigenvalue weighted by molar-refractivity contribution is -0.113. The second-order valence-corrected chi connectivity index (χ2v) is 9.66. The van der Waals surface area contributed by atoms with E-state index >= 15 is 0 Å². The third-order valence-electron chi connectivity index (χ3n) is 4.18. The Morgan fingerprint density at radius 1 is 1.24 bits per heavy atom. The molecular formula is C19H22N4O4S2. The molecule has 0 unspecified atom stereocenters. The summed E-state index contributed by atoms with van der Waals surface area (Å²) < 4.78 is 31.0. The fraction of sp³-hybridized carbons (Fsp3) is 0.263. The summed E-state index contributed by atoms with van der Waals surface area (Å²) in [6, 6.07) is 10.2. The van der Waals surface area contributed by atoms with E-state index in [9.17, 15) is 13.2 Å². The van der Waals surface area contributed by atoms with Gasteiger partial charge in [0.2, 0.25) is 15.9 Å². The quantitative estimate of drug-likeness (QED) is 0.554. The van der Waals surface area contributed by atoms with Crippen LogP contribution in [0.2, 0.25) is 0 Å². The van der Waals surface area contributed by atoms with Gasteiger partial charge in [0.15, 0.2) is 5.16 Å². The molecule has 8 nitrogen and oxygen atoms in total. The van der Waals surface area contributed by atoms with Gasteiger partial charge in [-0.2, -0.15) is 0 Å². The number of aryl methyl sites for hydroxylation is 1. The molecule has 0 spiro atoms. The Balaban J connectivity index is 1.73. The molecular weight excluding hydrogens is 412 g/mol. The van der Waals surface area contributed by atoms with Crippen LogP contribution in [0.1, 0.15) is 5.56 Å². The normalized spacial score (nSPS) is 11.8. The van der Waals surface area contributed by atoms with Crippen LogP contribution < -0.4 is 10.1 Å². The number of aromatic amines is 1. The van der Waals surface area contributed by atoms with E-state index in [1.54, 1.807) is 0 Å². The van der Waals surface area contributed by atoms with E-state index in [4.69, 9.17) is 4.74 Å². The van der Waals surface area contributed by atoms with Crippen molar-refractivity contribution in [1.82, 2.24) is 14.3 Å². The van der Waals surface area contributed by atoms with Crippen molar-refractivity contribution >= 4 is 44.4 Å². The van der Waals surface area contributed by atoms with Gasteiger partial charge < -0.3 is 15.0 Å². The predicted molar refractivity (Wildman–Crippen MR) is 114 cm³/mol. The molecule has 0 aliphatic rings. The van der Waals surface area contributed by atoms with Gasteiger partial charge in [0.25, 0.3) is 0 Å². The minimum Gasteiger partial charge on any atom is -0.495 e. The van der Waals surface area contributed by atoms with Gasteiger partial charge in [-0.05, 0) is 42.8 Å². The smallest absolute Gasteiger partial charge is 0.242 e. The van der Waals surface area contributed by atoms with Crippen LogP contribution in [0.4, 0.5) is 5.69 Å². The number of ether oxygens (including phenoxy) is 1. The third-order valence-corrected chi connectivity index (χ3v) is 6.86. The highest BCUT2D eigenvalue weighted by Gasteiger charge is 2.20. The molecule has 0 radical (unpaired) electrons. The molecule has 10 heteroatoms. The van der Waals surface area contributed by atoms with E-state index < -0.39 is 10.0 Å². The molecule has 1 amide bonds. The Morgan fingerprint density at radius 2 is 2.00 bits per heavy atom. The average Bonchev–Trinajstić information content (AvgIpc) is 3.08. The molecule has 0 bridgehead atoms. The number of nitrogens with zero attached hydrogens (tertiary/aromatic N) is 2. The maximum Gasteiger partial charge on any atom is 0.242 e. The standard InChI is InChI=1S/C19H22N4O4S2/c1-12-5-7-14-15(9-12)22-19(21-14)28-11-18(24)20-16-10-13(6-8-17(16)27-4)29(25,26)23(2)3/h5-10H,11H2,1-4H3,(H,20,24)(H,21,22). The molecule has 3 rings (SSSR count). The molecule has 0 aliphatic carbocycles. The fourth-order valence-corrected chi connectivity index (χ4v) is 4.26. The zero-order chi connectivity index (χ0) is 21.2. The van der Waals surface area contributed by atoms with Gasteiger partial charge in [0.1, 0.15) is 5.75 Å². The molecule has 3 aromatic rings. The van der Waals surface area contributed by atoms with Crippen molar-refractivity contribution in [3.05, 3.63) is 42.0 Å². The Bertz CT molecular complexity index is 1160. The number of aromatic nitrogens is 2. The van der Waals surface area contributed by atoms with Gasteiger partial charge in [0, 0.05) is 14.1 Å². The van der Waals surface area contributed by atoms with E-state index in [1.165, 1.54) is 51.2 Å². The van der Waals surface area contributed by atoms with Crippen LogP contribution in [0.25, 0.3) is 11.0 Å². The Kier molecular flexibility index (Phi) is 6.15. The number of nitrogens with one attached hydrogen (secondary N) is 2. The number of hydrogen-bond acceptors (Lipinski definition) is 6. The number of amides is 1. The van der Waals surface area contributed by atoms with Crippen molar-refractivity contribution in [3.63, 3.8) is 0 Å². The number of rotatable bonds is 7. The monoisotopic (exact) mass is 434 g/mol. The van der Waals surface area contributed by atoms with Gasteiger partial charge in [-0.1, -0.05) is 17.8 Å². The number of methoxy groups -OCH3 is 1. The Morgan fingerprint density at radius 3 is 2.69 bits per heavy atom. The molecule has 0 aliphatic heterocycles. The summed E-state index contributed by atoms with van der Waals surface area (Å²) in [5.41, 5.74) is 3.16. The number of anilines is 1. The number of benzene rings is 2. The maximum atomic E-state index is 12.4. The van der Waals surface area contributed by atoms with Crippen molar-refractivity contribution in [2.24, 2.45) is 0 Å². The fourth-order valence-electron chi connectivity index (χ4n) is 2.64. The zero-order valence-corrected chi connectivity index (χ0v) is 18.1. The minimum absolute atomic E-state index is 0.0684. The minimum atomic E-state index is -3.63. The highest BCUT2D eigenvalue weighted by atomic mass is 32.2. The number of H-pyrrole nitrogens is 1. The summed E-state index contributed by atoms with van der Waals surface area (Å²) in [5.74, 6) is 0.177. The zero-order valence-electron chi connectivity index (χ0n) is 16.5. The lowest BCUT2D eigenvalue weighted by Gasteiger charge is -2.15. The Labute approximate surface area is 173 Å². The topological polar surface area (TPSA) is 104 Å². The molecule has 29 heavy (non-hydrogen) atoms. The van der Waals surface area contributed by atoms with Crippen molar-refractivity contribution in [2.75, 3.05) is 32.3 Å². The number of fused-ring (bicyclic) bond motifs is 1. The summed E-state index contributed by atoms with van der Waals surface area (Å²) >= 11 is 1.26. The van der Waals surface area contributed by atoms with E-state index in [0.29, 0.717) is 16.6 Å². The van der Waals surface area contributed by atoms with Gasteiger partial charge in [-0.15, -0.1) is 0 Å². The van der Waals surface area contributed by atoms with Crippen molar-refractivity contribution in [1.29, 1.82) is 0 Å². The van der Waals surface area contributed by atoms with Crippen molar-refractivity contribution in [3.8, 4) is 5.75 Å². The summed E-state index contributed by atoms with van der Waals surface area (Å²) in [7, 11) is 0.722. The molecule has 1 aromatic heterocycles. The molecule has 0 fully saturated rings. The first kappa shape index (κ1) is 21.2. The summed E-state index contributed by atoms with van der Waals surface area (Å²) in [6.07, 6.45) is 0. The number of sulfonamides is 1. The highest BCUT2D eigenvalue weighted by molar-refractivity contribution is 7.99. The number of thioether (sulfide) groups is 1. The van der Waals surface area contributed by atoms with Crippen LogP contribution in [0.3, 0.4) is 0 Å². The van der Waals surface area contributed by atoms with Crippen LogP contribution in [0.5, 0.6) is 5.75 Å². The first-order valence-corrected chi connectivity index (χ1v) is 11.1. The number of carbonyl (C=O) groups excluding carboxylic acids is 1. The van der Waals surface area contributed by atoms with Crippen molar-refractivity contribution < 1.29 is 17.9 Å². The highest BCUT2D eigenvalue weighted by Crippen LogP contribution is 2.29. The number of hydrogen-bond donors (Lipinski definition) is 2. The van der Waals surface area contributed by atoms with E-state index in [2.05, 4.69) is 15.3 Å². The number of carbonyl (C=O) groups is 1. The molecule has 0 saturated heterocycles. The first-order chi connectivity index (χ1) is 13.7. The molecule has 2 N–H and O–H groups in total. The van der Waals surface area contributed by atoms with Crippen LogP contribution in [0, 0.1) is 6.92 Å². The largest absolute Gasteiger partial charge is 0.495 e. The van der Waals surface area contributed by atoms with Gasteiger partial charge >= 0.3 is 0 Å². The predicted octanol–water partition coefficient (Wildman–Crippen LogP) is 2.86. The lowest BCUT2D eigenvalue weighted by atomic mass is 10.2. The van der Waals surface area contributed by atoms with E-state index in [1.807, 2.05) is 25.1 Å². The van der Waals surface area contributed by atoms with Crippen LogP contribution in [-0.4, -0.2) is 55.6 Å². The molecule has 154 valence electrons. The first-order valence-electron chi connectivity index (χ1n) is 8.70. The molecule has 1 heterocycles. The van der Waals surface area contributed by atoms with E-state index in [-0.39, 0.29) is 16.6 Å². The third kappa shape index (κ3) is 4.72. The van der Waals surface area contributed by atoms with Crippen LogP contribution in [-0.2, 0) is 14.8 Å². The summed E-state index contributed by atoms with van der Waals surface area (Å²) in [4.78, 5) is 20.1. The second kappa shape index (κ2) is 8.44.